The quantitative estimate of drug-likeness (QED) is 0.157. The Morgan fingerprint density at radius 3 is 2.31 bits per heavy atom. The average Bonchev–Trinajstić information content (AvgIpc) is 3.03. The maximum atomic E-state index is 12.6. The predicted octanol–water partition coefficient (Wildman–Crippen LogP) is 6.54. The van der Waals surface area contributed by atoms with Gasteiger partial charge in [-0.1, -0.05) is 66.7 Å². The summed E-state index contributed by atoms with van der Waals surface area (Å²) in [4.78, 5) is 24.7. The van der Waals surface area contributed by atoms with Crippen LogP contribution in [0.3, 0.4) is 0 Å². The first-order valence-electron chi connectivity index (χ1n) is 13.6. The van der Waals surface area contributed by atoms with Crippen LogP contribution in [0.4, 0.5) is 10.5 Å². The van der Waals surface area contributed by atoms with E-state index in [1.807, 2.05) is 78.9 Å². The highest BCUT2D eigenvalue weighted by Gasteiger charge is 2.32. The number of carbonyl (C=O) groups excluding carboxylic acids is 1. The van der Waals surface area contributed by atoms with Crippen molar-refractivity contribution in [2.45, 2.75) is 43.0 Å². The van der Waals surface area contributed by atoms with E-state index in [0.717, 1.165) is 27.1 Å². The first kappa shape index (κ1) is 29.3. The molecule has 0 saturated carbocycles. The summed E-state index contributed by atoms with van der Waals surface area (Å²) in [5, 5.41) is 24.4. The van der Waals surface area contributed by atoms with Gasteiger partial charge in [0.1, 0.15) is 0 Å². The van der Waals surface area contributed by atoms with Crippen LogP contribution in [0.2, 0.25) is 0 Å². The molecular formula is C33H32N2O6S. The van der Waals surface area contributed by atoms with Crippen molar-refractivity contribution in [3.8, 4) is 0 Å². The fourth-order valence-corrected chi connectivity index (χ4v) is 5.54. The molecule has 4 aromatic rings. The molecule has 0 aromatic heterocycles. The lowest BCUT2D eigenvalue weighted by Crippen LogP contribution is -2.31. The lowest BCUT2D eigenvalue weighted by Gasteiger charge is -2.36. The molecule has 0 unspecified atom stereocenters. The van der Waals surface area contributed by atoms with Gasteiger partial charge in [0.15, 0.2) is 6.29 Å². The Morgan fingerprint density at radius 2 is 1.60 bits per heavy atom. The molecule has 1 aliphatic heterocycles. The monoisotopic (exact) mass is 584 g/mol. The van der Waals surface area contributed by atoms with Crippen molar-refractivity contribution in [2.75, 3.05) is 11.1 Å². The number of hydrogen-bond donors (Lipinski definition) is 4. The Morgan fingerprint density at radius 1 is 0.833 bits per heavy atom. The van der Waals surface area contributed by atoms with E-state index < -0.39 is 12.3 Å². The molecule has 1 aliphatic rings. The molecule has 1 saturated heterocycles. The van der Waals surface area contributed by atoms with Crippen molar-refractivity contribution in [3.05, 3.63) is 131 Å². The molecule has 0 aliphatic carbocycles. The smallest absolute Gasteiger partial charge is 0.335 e. The number of anilines is 1. The maximum Gasteiger partial charge on any atom is 0.335 e. The van der Waals surface area contributed by atoms with E-state index >= 15 is 0 Å². The van der Waals surface area contributed by atoms with Gasteiger partial charge in [0.25, 0.3) is 0 Å². The van der Waals surface area contributed by atoms with E-state index in [-0.39, 0.29) is 30.4 Å². The minimum atomic E-state index is -0.956. The van der Waals surface area contributed by atoms with Crippen molar-refractivity contribution >= 4 is 29.4 Å². The summed E-state index contributed by atoms with van der Waals surface area (Å²) in [6.07, 6.45) is -0.464. The SMILES string of the molecule is O=C(NCc1ccccc1)Nc1cccc([C@H]2O[C@@H](CSc3ccc(C(=O)O)cc3)C[C@@H](c3ccc(CO)cc3)O2)c1. The molecule has 9 heteroatoms. The molecule has 4 aromatic carbocycles. The predicted molar refractivity (Wildman–Crippen MR) is 161 cm³/mol. The van der Waals surface area contributed by atoms with E-state index in [1.54, 1.807) is 36.0 Å². The van der Waals surface area contributed by atoms with Gasteiger partial charge >= 0.3 is 12.0 Å². The van der Waals surface area contributed by atoms with E-state index in [4.69, 9.17) is 9.47 Å². The highest BCUT2D eigenvalue weighted by Crippen LogP contribution is 2.40. The number of aliphatic hydroxyl groups excluding tert-OH is 1. The Bertz CT molecular complexity index is 1480. The van der Waals surface area contributed by atoms with Gasteiger partial charge in [0.05, 0.1) is 24.4 Å². The molecule has 2 amide bonds. The lowest BCUT2D eigenvalue weighted by atomic mass is 10.0. The molecule has 0 radical (unpaired) electrons. The molecule has 5 rings (SSSR count). The standard InChI is InChI=1S/C33H32N2O6S/c36-20-23-9-11-24(12-10-23)30-18-28(21-42-29-15-13-25(14-16-29)31(37)38)40-32(41-30)26-7-4-8-27(17-26)35-33(39)34-19-22-5-2-1-3-6-22/h1-17,28,30,32,36H,18-21H2,(H,37,38)(H2,34,35,39)/t28-,30+,32+/m1/s1. The normalized spacial score (nSPS) is 18.3. The summed E-state index contributed by atoms with van der Waals surface area (Å²) in [7, 11) is 0. The molecule has 8 nitrogen and oxygen atoms in total. The Hall–Kier alpha value is -4.15. The van der Waals surface area contributed by atoms with Crippen LogP contribution in [0, 0.1) is 0 Å². The van der Waals surface area contributed by atoms with Gasteiger partial charge in [0.2, 0.25) is 0 Å². The number of thioether (sulfide) groups is 1. The summed E-state index contributed by atoms with van der Waals surface area (Å²) in [6.45, 7) is 0.381. The van der Waals surface area contributed by atoms with Gasteiger partial charge in [-0.25, -0.2) is 9.59 Å². The number of hydrogen-bond acceptors (Lipinski definition) is 6. The number of carbonyl (C=O) groups is 2. The minimum absolute atomic E-state index is 0.0316. The molecule has 42 heavy (non-hydrogen) atoms. The van der Waals surface area contributed by atoms with Crippen molar-refractivity contribution in [2.24, 2.45) is 0 Å². The van der Waals surface area contributed by atoms with Crippen LogP contribution in [0.5, 0.6) is 0 Å². The first-order chi connectivity index (χ1) is 20.5. The third kappa shape index (κ3) is 7.98. The van der Waals surface area contributed by atoms with Gasteiger partial charge < -0.3 is 30.3 Å². The van der Waals surface area contributed by atoms with Gasteiger partial charge in [0, 0.05) is 34.9 Å². The molecule has 216 valence electrons. The van der Waals surface area contributed by atoms with Gasteiger partial charge in [-0.3, -0.25) is 0 Å². The van der Waals surface area contributed by atoms with Crippen LogP contribution in [0.15, 0.2) is 108 Å². The summed E-state index contributed by atoms with van der Waals surface area (Å²) < 4.78 is 12.8. The first-order valence-corrected chi connectivity index (χ1v) is 14.6. The van der Waals surface area contributed by atoms with E-state index in [0.29, 0.717) is 24.4 Å². The number of carboxylic acids is 1. The lowest BCUT2D eigenvalue weighted by molar-refractivity contribution is -0.245. The highest BCUT2D eigenvalue weighted by atomic mass is 32.2. The molecule has 1 fully saturated rings. The fraction of sp³-hybridized carbons (Fsp3) is 0.212. The molecule has 0 bridgehead atoms. The van der Waals surface area contributed by atoms with Crippen LogP contribution < -0.4 is 10.6 Å². The maximum absolute atomic E-state index is 12.6. The zero-order valence-corrected chi connectivity index (χ0v) is 23.6. The number of rotatable bonds is 10. The van der Waals surface area contributed by atoms with Crippen LogP contribution in [0.1, 0.15) is 51.4 Å². The second-order valence-electron chi connectivity index (χ2n) is 9.91. The van der Waals surface area contributed by atoms with Crippen LogP contribution in [-0.2, 0) is 22.6 Å². The number of ether oxygens (including phenoxy) is 2. The Kier molecular flexibility index (Phi) is 9.89. The second kappa shape index (κ2) is 14.2. The summed E-state index contributed by atoms with van der Waals surface area (Å²) >= 11 is 1.59. The van der Waals surface area contributed by atoms with E-state index in [1.165, 1.54) is 0 Å². The average molecular weight is 585 g/mol. The third-order valence-corrected chi connectivity index (χ3v) is 8.01. The Balaban J connectivity index is 1.28. The van der Waals surface area contributed by atoms with Crippen molar-refractivity contribution in [1.29, 1.82) is 0 Å². The van der Waals surface area contributed by atoms with E-state index in [2.05, 4.69) is 10.6 Å². The minimum Gasteiger partial charge on any atom is -0.478 e. The number of benzene rings is 4. The van der Waals surface area contributed by atoms with Crippen molar-refractivity contribution < 1.29 is 29.3 Å². The van der Waals surface area contributed by atoms with E-state index in [9.17, 15) is 19.8 Å². The zero-order chi connectivity index (χ0) is 29.3. The number of aliphatic hydroxyl groups is 1. The second-order valence-corrected chi connectivity index (χ2v) is 11.0. The molecule has 4 N–H and O–H groups in total. The molecule has 3 atom stereocenters. The fourth-order valence-electron chi connectivity index (χ4n) is 4.62. The number of nitrogens with one attached hydrogen (secondary N) is 2. The van der Waals surface area contributed by atoms with Gasteiger partial charge in [-0.15, -0.1) is 11.8 Å². The van der Waals surface area contributed by atoms with Crippen LogP contribution in [-0.4, -0.2) is 34.1 Å². The Labute approximate surface area is 248 Å². The van der Waals surface area contributed by atoms with Crippen LogP contribution >= 0.6 is 11.8 Å². The van der Waals surface area contributed by atoms with Gasteiger partial charge in [-0.2, -0.15) is 0 Å². The van der Waals surface area contributed by atoms with Crippen molar-refractivity contribution in [3.63, 3.8) is 0 Å². The molecule has 1 heterocycles. The summed E-state index contributed by atoms with van der Waals surface area (Å²) in [5.74, 6) is -0.320. The summed E-state index contributed by atoms with van der Waals surface area (Å²) in [6, 6.07) is 31.3. The van der Waals surface area contributed by atoms with Crippen LogP contribution in [0.25, 0.3) is 0 Å². The zero-order valence-electron chi connectivity index (χ0n) is 22.8. The number of aromatic carboxylic acids is 1. The number of amides is 2. The van der Waals surface area contributed by atoms with Gasteiger partial charge in [-0.05, 0) is 53.1 Å². The largest absolute Gasteiger partial charge is 0.478 e. The number of carboxylic acid groups (broad SMARTS) is 1. The molecular weight excluding hydrogens is 552 g/mol. The molecule has 0 spiro atoms. The third-order valence-electron chi connectivity index (χ3n) is 6.86. The number of urea groups is 1. The van der Waals surface area contributed by atoms with Crippen molar-refractivity contribution in [1.82, 2.24) is 5.32 Å². The highest BCUT2D eigenvalue weighted by molar-refractivity contribution is 7.99. The summed E-state index contributed by atoms with van der Waals surface area (Å²) in [5.41, 5.74) is 4.44. The topological polar surface area (TPSA) is 117 Å².